The summed E-state index contributed by atoms with van der Waals surface area (Å²) in [6.45, 7) is 1.32. The molecule has 4 aromatic rings. The van der Waals surface area contributed by atoms with Crippen LogP contribution in [0.2, 0.25) is 15.1 Å². The minimum absolute atomic E-state index is 0.0885. The monoisotopic (exact) mass is 570 g/mol. The van der Waals surface area contributed by atoms with Crippen molar-refractivity contribution in [3.63, 3.8) is 0 Å². The Morgan fingerprint density at radius 3 is 2.51 bits per heavy atom. The number of hydrogen-bond acceptors (Lipinski definition) is 4. The smallest absolute Gasteiger partial charge is 0.293 e. The van der Waals surface area contributed by atoms with E-state index in [9.17, 15) is 9.59 Å². The van der Waals surface area contributed by atoms with E-state index in [0.29, 0.717) is 37.9 Å². The predicted molar refractivity (Wildman–Crippen MR) is 151 cm³/mol. The first-order valence-electron chi connectivity index (χ1n) is 11.6. The lowest BCUT2D eigenvalue weighted by atomic mass is 10.1. The van der Waals surface area contributed by atoms with Crippen LogP contribution in [-0.4, -0.2) is 27.2 Å². The number of nitrogens with zero attached hydrogens (tertiary/aromatic N) is 2. The van der Waals surface area contributed by atoms with Gasteiger partial charge in [-0.2, -0.15) is 0 Å². The average Bonchev–Trinajstić information content (AvgIpc) is 3.36. The van der Waals surface area contributed by atoms with E-state index in [0.717, 1.165) is 41.2 Å². The Labute approximate surface area is 233 Å². The zero-order valence-corrected chi connectivity index (χ0v) is 22.6. The fourth-order valence-electron chi connectivity index (χ4n) is 4.15. The third-order valence-electron chi connectivity index (χ3n) is 5.96. The van der Waals surface area contributed by atoms with Gasteiger partial charge in [0.05, 0.1) is 23.1 Å². The summed E-state index contributed by atoms with van der Waals surface area (Å²) in [6, 6.07) is 20.4. The molecule has 1 saturated heterocycles. The predicted octanol–water partition coefficient (Wildman–Crippen LogP) is 8.31. The molecule has 1 aliphatic heterocycles. The van der Waals surface area contributed by atoms with Crippen LogP contribution < -0.4 is 4.74 Å². The Kier molecular flexibility index (Phi) is 7.81. The first-order valence-corrected chi connectivity index (χ1v) is 13.5. The molecule has 9 heteroatoms. The normalized spacial score (nSPS) is 14.8. The highest BCUT2D eigenvalue weighted by atomic mass is 35.5. The molecular formula is C28H21Cl3N2O3S. The van der Waals surface area contributed by atoms with Gasteiger partial charge in [0.2, 0.25) is 0 Å². The summed E-state index contributed by atoms with van der Waals surface area (Å²) in [5, 5.41) is 2.17. The topological polar surface area (TPSA) is 51.5 Å². The molecule has 2 amide bonds. The third-order valence-corrected chi connectivity index (χ3v) is 7.77. The number of carbonyl (C=O) groups is 2. The Hall–Kier alpha value is -2.90. The van der Waals surface area contributed by atoms with Crippen LogP contribution in [0.25, 0.3) is 17.0 Å². The van der Waals surface area contributed by atoms with Gasteiger partial charge in [-0.25, -0.2) is 0 Å². The van der Waals surface area contributed by atoms with Gasteiger partial charge >= 0.3 is 0 Å². The van der Waals surface area contributed by atoms with Crippen LogP contribution >= 0.6 is 46.6 Å². The molecule has 3 aromatic carbocycles. The number of rotatable bonds is 8. The van der Waals surface area contributed by atoms with Crippen molar-refractivity contribution < 1.29 is 14.3 Å². The molecule has 0 bridgehead atoms. The van der Waals surface area contributed by atoms with Crippen molar-refractivity contribution in [3.05, 3.63) is 104 Å². The second-order valence-electron chi connectivity index (χ2n) is 8.43. The molecule has 0 spiro atoms. The van der Waals surface area contributed by atoms with Gasteiger partial charge in [0, 0.05) is 39.3 Å². The fraction of sp³-hybridized carbons (Fsp3) is 0.143. The van der Waals surface area contributed by atoms with Crippen LogP contribution in [0.4, 0.5) is 4.79 Å². The number of para-hydroxylation sites is 2. The summed E-state index contributed by atoms with van der Waals surface area (Å²) in [4.78, 5) is 27.4. The summed E-state index contributed by atoms with van der Waals surface area (Å²) in [5.74, 6) is 0.323. The van der Waals surface area contributed by atoms with Gasteiger partial charge in [0.25, 0.3) is 11.1 Å². The van der Waals surface area contributed by atoms with E-state index < -0.39 is 0 Å². The highest BCUT2D eigenvalue weighted by Crippen LogP contribution is 2.36. The zero-order valence-electron chi connectivity index (χ0n) is 19.5. The number of benzene rings is 3. The minimum atomic E-state index is -0.342. The molecule has 0 unspecified atom stereocenters. The second kappa shape index (κ2) is 11.2. The van der Waals surface area contributed by atoms with E-state index in [1.54, 1.807) is 30.3 Å². The maximum absolute atomic E-state index is 13.1. The lowest BCUT2D eigenvalue weighted by Gasteiger charge is -2.13. The summed E-state index contributed by atoms with van der Waals surface area (Å²) >= 11 is 19.3. The van der Waals surface area contributed by atoms with Crippen LogP contribution in [0.5, 0.6) is 5.75 Å². The summed E-state index contributed by atoms with van der Waals surface area (Å²) in [7, 11) is 0. The summed E-state index contributed by atoms with van der Waals surface area (Å²) in [5.41, 5.74) is 2.57. The maximum atomic E-state index is 13.1. The summed E-state index contributed by atoms with van der Waals surface area (Å²) in [6.07, 6.45) is 4.55. The minimum Gasteiger partial charge on any atom is -0.492 e. The lowest BCUT2D eigenvalue weighted by Crippen LogP contribution is -2.27. The molecule has 0 aliphatic carbocycles. The van der Waals surface area contributed by atoms with Crippen LogP contribution in [0.15, 0.2) is 77.8 Å². The molecule has 0 saturated carbocycles. The number of imide groups is 1. The largest absolute Gasteiger partial charge is 0.492 e. The standard InChI is InChI=1S/C28H21Cl3N2O3S/c29-20-11-10-18(23(31)15-20)17-33-27(34)26(37-28(33)35)14-19-16-32(24-8-3-1-6-21(19)24)12-5-13-36-25-9-4-2-7-22(25)30/h1-4,6-11,14-16H,5,12-13,17H2/b26-14-. The van der Waals surface area contributed by atoms with Gasteiger partial charge in [-0.3, -0.25) is 14.5 Å². The van der Waals surface area contributed by atoms with Crippen molar-refractivity contribution in [3.8, 4) is 5.75 Å². The summed E-state index contributed by atoms with van der Waals surface area (Å²) < 4.78 is 7.96. The van der Waals surface area contributed by atoms with Crippen LogP contribution in [0.3, 0.4) is 0 Å². The molecule has 0 atom stereocenters. The van der Waals surface area contributed by atoms with E-state index in [4.69, 9.17) is 39.5 Å². The molecular weight excluding hydrogens is 551 g/mol. The number of carbonyl (C=O) groups excluding carboxylic acids is 2. The van der Waals surface area contributed by atoms with E-state index in [-0.39, 0.29) is 17.7 Å². The molecule has 1 aliphatic rings. The van der Waals surface area contributed by atoms with Gasteiger partial charge < -0.3 is 9.30 Å². The molecule has 5 rings (SSSR count). The molecule has 1 fully saturated rings. The van der Waals surface area contributed by atoms with Gasteiger partial charge in [0.15, 0.2) is 0 Å². The first-order chi connectivity index (χ1) is 17.9. The Morgan fingerprint density at radius 1 is 0.919 bits per heavy atom. The van der Waals surface area contributed by atoms with Crippen molar-refractivity contribution in [2.75, 3.05) is 6.61 Å². The van der Waals surface area contributed by atoms with Gasteiger partial charge in [-0.1, -0.05) is 71.2 Å². The number of ether oxygens (including phenoxy) is 1. The Bertz CT molecular complexity index is 1530. The number of aromatic nitrogens is 1. The second-order valence-corrected chi connectivity index (χ2v) is 10.7. The molecule has 0 N–H and O–H groups in total. The molecule has 37 heavy (non-hydrogen) atoms. The molecule has 1 aromatic heterocycles. The quantitative estimate of drug-likeness (QED) is 0.158. The Balaban J connectivity index is 1.32. The van der Waals surface area contributed by atoms with Crippen LogP contribution in [-0.2, 0) is 17.9 Å². The number of thioether (sulfide) groups is 1. The Morgan fingerprint density at radius 2 is 1.70 bits per heavy atom. The van der Waals surface area contributed by atoms with Crippen molar-refractivity contribution >= 4 is 74.7 Å². The van der Waals surface area contributed by atoms with E-state index in [2.05, 4.69) is 4.57 Å². The highest BCUT2D eigenvalue weighted by molar-refractivity contribution is 8.18. The van der Waals surface area contributed by atoms with Crippen molar-refractivity contribution in [2.45, 2.75) is 19.5 Å². The number of aryl methyl sites for hydroxylation is 1. The van der Waals surface area contributed by atoms with Crippen molar-refractivity contribution in [1.82, 2.24) is 9.47 Å². The van der Waals surface area contributed by atoms with Gasteiger partial charge in [-0.15, -0.1) is 0 Å². The van der Waals surface area contributed by atoms with E-state index in [1.165, 1.54) is 4.90 Å². The van der Waals surface area contributed by atoms with Crippen LogP contribution in [0.1, 0.15) is 17.5 Å². The first kappa shape index (κ1) is 25.7. The molecule has 0 radical (unpaired) electrons. The van der Waals surface area contributed by atoms with Gasteiger partial charge in [0.1, 0.15) is 5.75 Å². The van der Waals surface area contributed by atoms with Gasteiger partial charge in [-0.05, 0) is 60.2 Å². The van der Waals surface area contributed by atoms with Crippen molar-refractivity contribution in [1.29, 1.82) is 0 Å². The molecule has 5 nitrogen and oxygen atoms in total. The van der Waals surface area contributed by atoms with Crippen molar-refractivity contribution in [2.24, 2.45) is 0 Å². The molecule has 188 valence electrons. The SMILES string of the molecule is O=C1S/C(=C\c2cn(CCCOc3ccccc3Cl)c3ccccc23)C(=O)N1Cc1ccc(Cl)cc1Cl. The third kappa shape index (κ3) is 5.68. The molecule has 2 heterocycles. The van der Waals surface area contributed by atoms with E-state index >= 15 is 0 Å². The zero-order chi connectivity index (χ0) is 25.9. The number of fused-ring (bicyclic) bond motifs is 1. The number of amides is 2. The fourth-order valence-corrected chi connectivity index (χ4v) is 5.64. The average molecular weight is 572 g/mol. The highest BCUT2D eigenvalue weighted by Gasteiger charge is 2.35. The lowest BCUT2D eigenvalue weighted by molar-refractivity contribution is -0.123. The van der Waals surface area contributed by atoms with Crippen LogP contribution in [0, 0.1) is 0 Å². The number of halogens is 3. The maximum Gasteiger partial charge on any atom is 0.293 e. The van der Waals surface area contributed by atoms with E-state index in [1.807, 2.05) is 48.7 Å². The number of hydrogen-bond donors (Lipinski definition) is 0.